The van der Waals surface area contributed by atoms with Gasteiger partial charge in [0.25, 0.3) is 0 Å². The van der Waals surface area contributed by atoms with E-state index < -0.39 is 0 Å². The van der Waals surface area contributed by atoms with Crippen molar-refractivity contribution in [2.45, 2.75) is 36.4 Å². The number of hydrogen-bond donors (Lipinski definition) is 1. The van der Waals surface area contributed by atoms with E-state index in [2.05, 4.69) is 20.9 Å². The molecular formula is C17H16ClN5S. The van der Waals surface area contributed by atoms with Crippen LogP contribution in [-0.2, 0) is 6.54 Å². The van der Waals surface area contributed by atoms with Gasteiger partial charge in [-0.3, -0.25) is 0 Å². The Morgan fingerprint density at radius 2 is 2.21 bits per heavy atom. The molecule has 0 aliphatic rings. The molecule has 0 unspecified atom stereocenters. The van der Waals surface area contributed by atoms with Crippen molar-refractivity contribution < 1.29 is 0 Å². The number of anilines is 1. The van der Waals surface area contributed by atoms with Crippen molar-refractivity contribution in [2.24, 2.45) is 0 Å². The number of nitrogens with zero attached hydrogens (tertiary/aromatic N) is 4. The quantitative estimate of drug-likeness (QED) is 0.553. The summed E-state index contributed by atoms with van der Waals surface area (Å²) in [5.74, 6) is 3.04. The van der Waals surface area contributed by atoms with E-state index in [-0.39, 0.29) is 0 Å². The molecule has 5 nitrogen and oxygen atoms in total. The van der Waals surface area contributed by atoms with Gasteiger partial charge in [0, 0.05) is 22.9 Å². The van der Waals surface area contributed by atoms with Crippen molar-refractivity contribution in [3.05, 3.63) is 35.1 Å². The van der Waals surface area contributed by atoms with Gasteiger partial charge in [-0.2, -0.15) is 0 Å². The van der Waals surface area contributed by atoms with Crippen molar-refractivity contribution >= 4 is 40.3 Å². The topological polar surface area (TPSA) is 69.6 Å². The molecule has 2 aromatic heterocycles. The average Bonchev–Trinajstić information content (AvgIpc) is 2.90. The summed E-state index contributed by atoms with van der Waals surface area (Å²) >= 11 is 7.60. The van der Waals surface area contributed by atoms with Crippen LogP contribution in [0.1, 0.15) is 18.4 Å². The van der Waals surface area contributed by atoms with Crippen LogP contribution < -0.4 is 5.73 Å². The summed E-state index contributed by atoms with van der Waals surface area (Å²) in [5, 5.41) is 1.54. The minimum atomic E-state index is 0.380. The second kappa shape index (κ2) is 7.12. The van der Waals surface area contributed by atoms with Crippen LogP contribution in [0.15, 0.2) is 34.6 Å². The first kappa shape index (κ1) is 16.6. The van der Waals surface area contributed by atoms with Gasteiger partial charge in [-0.15, -0.1) is 12.3 Å². The highest BCUT2D eigenvalue weighted by Gasteiger charge is 2.16. The Kier molecular flexibility index (Phi) is 4.93. The SMILES string of the molecule is C#CCCCn1c(Sc2ccc(Cl)cc2C)nc2c(N)ncnc21. The highest BCUT2D eigenvalue weighted by molar-refractivity contribution is 7.99. The smallest absolute Gasteiger partial charge is 0.175 e. The number of aryl methyl sites for hydroxylation is 2. The number of hydrogen-bond acceptors (Lipinski definition) is 5. The predicted octanol–water partition coefficient (Wildman–Crippen LogP) is 3.93. The van der Waals surface area contributed by atoms with Crippen LogP contribution in [0.3, 0.4) is 0 Å². The maximum Gasteiger partial charge on any atom is 0.175 e. The molecule has 2 heterocycles. The van der Waals surface area contributed by atoms with Crippen molar-refractivity contribution in [1.82, 2.24) is 19.5 Å². The van der Waals surface area contributed by atoms with E-state index >= 15 is 0 Å². The van der Waals surface area contributed by atoms with Gasteiger partial charge in [0.15, 0.2) is 22.1 Å². The molecule has 0 atom stereocenters. The number of imidazole rings is 1. The van der Waals surface area contributed by atoms with Crippen molar-refractivity contribution in [2.75, 3.05) is 5.73 Å². The van der Waals surface area contributed by atoms with Crippen molar-refractivity contribution in [3.63, 3.8) is 0 Å². The maximum atomic E-state index is 6.04. The third-order valence-electron chi connectivity index (χ3n) is 3.57. The van der Waals surface area contributed by atoms with Gasteiger partial charge in [-0.25, -0.2) is 15.0 Å². The number of unbranched alkanes of at least 4 members (excludes halogenated alkanes) is 1. The first-order chi connectivity index (χ1) is 11.6. The van der Waals surface area contributed by atoms with Gasteiger partial charge < -0.3 is 10.3 Å². The standard InChI is InChI=1S/C17H16ClN5S/c1-3-4-5-8-23-16-14(15(19)20-10-21-16)22-17(23)24-13-7-6-12(18)9-11(13)2/h1,6-7,9-10H,4-5,8H2,2H3,(H2,19,20,21). The largest absolute Gasteiger partial charge is 0.382 e. The minimum absolute atomic E-state index is 0.380. The Morgan fingerprint density at radius 1 is 1.38 bits per heavy atom. The molecule has 0 aliphatic heterocycles. The van der Waals surface area contributed by atoms with E-state index in [0.717, 1.165) is 39.3 Å². The second-order valence-corrected chi connectivity index (χ2v) is 6.74. The summed E-state index contributed by atoms with van der Waals surface area (Å²) in [6, 6.07) is 5.79. The summed E-state index contributed by atoms with van der Waals surface area (Å²) in [4.78, 5) is 14.1. The van der Waals surface area contributed by atoms with Crippen LogP contribution in [-0.4, -0.2) is 19.5 Å². The zero-order valence-electron chi connectivity index (χ0n) is 13.2. The zero-order valence-corrected chi connectivity index (χ0v) is 14.7. The Morgan fingerprint density at radius 3 is 2.96 bits per heavy atom. The Hall–Kier alpha value is -2.23. The third kappa shape index (κ3) is 3.32. The molecule has 0 amide bonds. The molecule has 7 heteroatoms. The number of nitrogens with two attached hydrogens (primary N) is 1. The Bertz CT molecular complexity index is 929. The number of terminal acetylenes is 1. The molecule has 0 saturated heterocycles. The fraction of sp³-hybridized carbons (Fsp3) is 0.235. The van der Waals surface area contributed by atoms with Crippen LogP contribution >= 0.6 is 23.4 Å². The molecule has 3 aromatic rings. The molecule has 0 saturated carbocycles. The molecule has 0 bridgehead atoms. The summed E-state index contributed by atoms with van der Waals surface area (Å²) < 4.78 is 2.05. The summed E-state index contributed by atoms with van der Waals surface area (Å²) in [6.45, 7) is 2.75. The fourth-order valence-corrected chi connectivity index (χ4v) is 3.58. The number of fused-ring (bicyclic) bond motifs is 1. The summed E-state index contributed by atoms with van der Waals surface area (Å²) in [6.07, 6.45) is 8.36. The average molecular weight is 358 g/mol. The second-order valence-electron chi connectivity index (χ2n) is 5.30. The van der Waals surface area contributed by atoms with Crippen LogP contribution in [0.2, 0.25) is 5.02 Å². The van der Waals surface area contributed by atoms with Gasteiger partial charge >= 0.3 is 0 Å². The highest BCUT2D eigenvalue weighted by atomic mass is 35.5. The van der Waals surface area contributed by atoms with E-state index in [4.69, 9.17) is 23.8 Å². The first-order valence-electron chi connectivity index (χ1n) is 7.44. The molecule has 2 N–H and O–H groups in total. The van der Waals surface area contributed by atoms with Gasteiger partial charge in [-0.05, 0) is 37.1 Å². The number of nitrogen functional groups attached to an aromatic ring is 1. The predicted molar refractivity (Wildman–Crippen MR) is 98.1 cm³/mol. The molecule has 0 radical (unpaired) electrons. The van der Waals surface area contributed by atoms with Crippen LogP contribution in [0, 0.1) is 19.3 Å². The number of benzene rings is 1. The van der Waals surface area contributed by atoms with Crippen LogP contribution in [0.4, 0.5) is 5.82 Å². The molecule has 122 valence electrons. The summed E-state index contributed by atoms with van der Waals surface area (Å²) in [7, 11) is 0. The molecule has 1 aromatic carbocycles. The first-order valence-corrected chi connectivity index (χ1v) is 8.63. The third-order valence-corrected chi connectivity index (χ3v) is 4.97. The molecule has 3 rings (SSSR count). The van der Waals surface area contributed by atoms with Gasteiger partial charge in [0.2, 0.25) is 0 Å². The molecular weight excluding hydrogens is 342 g/mol. The fourth-order valence-electron chi connectivity index (χ4n) is 2.38. The van der Waals surface area contributed by atoms with E-state index in [9.17, 15) is 0 Å². The normalized spacial score (nSPS) is 10.9. The van der Waals surface area contributed by atoms with E-state index in [0.29, 0.717) is 17.8 Å². The number of rotatable bonds is 5. The van der Waals surface area contributed by atoms with Crippen LogP contribution in [0.5, 0.6) is 0 Å². The van der Waals surface area contributed by atoms with Crippen molar-refractivity contribution in [3.8, 4) is 12.3 Å². The lowest BCUT2D eigenvalue weighted by molar-refractivity contribution is 0.615. The molecule has 24 heavy (non-hydrogen) atoms. The van der Waals surface area contributed by atoms with Gasteiger partial charge in [0.1, 0.15) is 6.33 Å². The maximum absolute atomic E-state index is 6.04. The lowest BCUT2D eigenvalue weighted by Crippen LogP contribution is -2.02. The number of aromatic nitrogens is 4. The van der Waals surface area contributed by atoms with Crippen molar-refractivity contribution in [1.29, 1.82) is 0 Å². The minimum Gasteiger partial charge on any atom is -0.382 e. The monoisotopic (exact) mass is 357 g/mol. The van der Waals surface area contributed by atoms with E-state index in [1.165, 1.54) is 6.33 Å². The van der Waals surface area contributed by atoms with E-state index in [1.54, 1.807) is 11.8 Å². The van der Waals surface area contributed by atoms with Crippen LogP contribution in [0.25, 0.3) is 11.2 Å². The molecule has 0 fully saturated rings. The molecule has 0 aliphatic carbocycles. The number of halogens is 1. The lowest BCUT2D eigenvalue weighted by Gasteiger charge is -2.09. The summed E-state index contributed by atoms with van der Waals surface area (Å²) in [5.41, 5.74) is 8.39. The molecule has 0 spiro atoms. The van der Waals surface area contributed by atoms with E-state index in [1.807, 2.05) is 29.7 Å². The lowest BCUT2D eigenvalue weighted by atomic mass is 10.2. The Labute approximate surface area is 149 Å². The highest BCUT2D eigenvalue weighted by Crippen LogP contribution is 2.33. The zero-order chi connectivity index (χ0) is 17.1. The van der Waals surface area contributed by atoms with Gasteiger partial charge in [0.05, 0.1) is 0 Å². The van der Waals surface area contributed by atoms with Gasteiger partial charge in [-0.1, -0.05) is 23.4 Å². The Balaban J connectivity index is 2.03.